The van der Waals surface area contributed by atoms with E-state index in [1.807, 2.05) is 45.2 Å². The third kappa shape index (κ3) is 1.15. The van der Waals surface area contributed by atoms with Crippen LogP contribution in [0.15, 0.2) is 29.2 Å². The number of fused-ring (bicyclic) bond motifs is 1. The van der Waals surface area contributed by atoms with Crippen LogP contribution in [0.5, 0.6) is 0 Å². The maximum atomic E-state index is 11.8. The summed E-state index contributed by atoms with van der Waals surface area (Å²) in [4.78, 5) is 11.8. The Kier molecular flexibility index (Phi) is 1.92. The maximum absolute atomic E-state index is 11.8. The highest BCUT2D eigenvalue weighted by Crippen LogP contribution is 2.13. The van der Waals surface area contributed by atoms with Crippen LogP contribution in [0.1, 0.15) is 16.7 Å². The standard InChI is InChI=1S/C12H13NO/c1-8-5-4-6-13-11(8)9(2)7-10(3)12(13)14/h4-7H,1-3H3. The second-order valence-electron chi connectivity index (χ2n) is 3.73. The van der Waals surface area contributed by atoms with Gasteiger partial charge >= 0.3 is 0 Å². The molecule has 2 nitrogen and oxygen atoms in total. The van der Waals surface area contributed by atoms with Gasteiger partial charge in [0.25, 0.3) is 5.56 Å². The molecule has 2 aromatic rings. The summed E-state index contributed by atoms with van der Waals surface area (Å²) < 4.78 is 1.72. The van der Waals surface area contributed by atoms with E-state index in [9.17, 15) is 4.79 Å². The Morgan fingerprint density at radius 1 is 1.07 bits per heavy atom. The molecule has 2 rings (SSSR count). The number of aromatic nitrogens is 1. The molecule has 0 radical (unpaired) electrons. The van der Waals surface area contributed by atoms with E-state index in [4.69, 9.17) is 0 Å². The van der Waals surface area contributed by atoms with E-state index in [1.54, 1.807) is 4.40 Å². The van der Waals surface area contributed by atoms with Gasteiger partial charge in [0.15, 0.2) is 0 Å². The van der Waals surface area contributed by atoms with Crippen molar-refractivity contribution in [3.05, 3.63) is 51.4 Å². The number of hydrogen-bond donors (Lipinski definition) is 0. The summed E-state index contributed by atoms with van der Waals surface area (Å²) in [5, 5.41) is 0. The minimum absolute atomic E-state index is 0.0781. The molecular formula is C12H13NO. The van der Waals surface area contributed by atoms with Gasteiger partial charge in [-0.15, -0.1) is 0 Å². The molecular weight excluding hydrogens is 174 g/mol. The van der Waals surface area contributed by atoms with Gasteiger partial charge in [-0.1, -0.05) is 6.07 Å². The van der Waals surface area contributed by atoms with E-state index >= 15 is 0 Å². The third-order valence-electron chi connectivity index (χ3n) is 2.56. The van der Waals surface area contributed by atoms with Crippen molar-refractivity contribution in [2.75, 3.05) is 0 Å². The van der Waals surface area contributed by atoms with Crippen molar-refractivity contribution in [2.24, 2.45) is 0 Å². The molecule has 0 amide bonds. The van der Waals surface area contributed by atoms with Gasteiger partial charge in [-0.25, -0.2) is 0 Å². The van der Waals surface area contributed by atoms with Crippen LogP contribution < -0.4 is 5.56 Å². The van der Waals surface area contributed by atoms with Gasteiger partial charge in [-0.3, -0.25) is 9.20 Å². The number of rotatable bonds is 0. The zero-order chi connectivity index (χ0) is 10.3. The normalized spacial score (nSPS) is 10.8. The molecule has 2 heteroatoms. The van der Waals surface area contributed by atoms with Crippen LogP contribution in [0.4, 0.5) is 0 Å². The first kappa shape index (κ1) is 9.00. The van der Waals surface area contributed by atoms with E-state index in [-0.39, 0.29) is 5.56 Å². The third-order valence-corrected chi connectivity index (χ3v) is 2.56. The lowest BCUT2D eigenvalue weighted by molar-refractivity contribution is 1.04. The van der Waals surface area contributed by atoms with Crippen LogP contribution in [-0.2, 0) is 0 Å². The summed E-state index contributed by atoms with van der Waals surface area (Å²) in [6.45, 7) is 5.91. The molecule has 0 aliphatic carbocycles. The molecule has 14 heavy (non-hydrogen) atoms. The predicted molar refractivity (Wildman–Crippen MR) is 57.9 cm³/mol. The highest BCUT2D eigenvalue weighted by molar-refractivity contribution is 5.60. The monoisotopic (exact) mass is 187 g/mol. The van der Waals surface area contributed by atoms with Crippen molar-refractivity contribution < 1.29 is 0 Å². The molecule has 0 aliphatic rings. The summed E-state index contributed by atoms with van der Waals surface area (Å²) >= 11 is 0. The highest BCUT2D eigenvalue weighted by Gasteiger charge is 2.04. The fourth-order valence-electron chi connectivity index (χ4n) is 1.93. The lowest BCUT2D eigenvalue weighted by atomic mass is 10.1. The van der Waals surface area contributed by atoms with Gasteiger partial charge in [-0.2, -0.15) is 0 Å². The van der Waals surface area contributed by atoms with E-state index in [0.29, 0.717) is 0 Å². The average Bonchev–Trinajstić information content (AvgIpc) is 2.14. The molecule has 2 heterocycles. The largest absolute Gasteiger partial charge is 0.284 e. The topological polar surface area (TPSA) is 21.5 Å². The van der Waals surface area contributed by atoms with E-state index in [1.165, 1.54) is 0 Å². The van der Waals surface area contributed by atoms with Crippen molar-refractivity contribution in [3.63, 3.8) is 0 Å². The Morgan fingerprint density at radius 3 is 2.50 bits per heavy atom. The molecule has 0 saturated carbocycles. The molecule has 0 spiro atoms. The van der Waals surface area contributed by atoms with E-state index in [2.05, 4.69) is 0 Å². The second kappa shape index (κ2) is 2.98. The van der Waals surface area contributed by atoms with Crippen molar-refractivity contribution in [2.45, 2.75) is 20.8 Å². The van der Waals surface area contributed by atoms with Crippen LogP contribution in [-0.4, -0.2) is 4.40 Å². The lowest BCUT2D eigenvalue weighted by Gasteiger charge is -2.08. The Balaban J connectivity index is 3.10. The fourth-order valence-corrected chi connectivity index (χ4v) is 1.93. The van der Waals surface area contributed by atoms with Crippen LogP contribution in [0.25, 0.3) is 5.52 Å². The van der Waals surface area contributed by atoms with Gasteiger partial charge in [0, 0.05) is 11.8 Å². The number of pyridine rings is 2. The number of aryl methyl sites for hydroxylation is 3. The first-order valence-electron chi connectivity index (χ1n) is 4.69. The molecule has 0 aromatic carbocycles. The first-order chi connectivity index (χ1) is 6.61. The van der Waals surface area contributed by atoms with Crippen LogP contribution in [0, 0.1) is 20.8 Å². The number of nitrogens with zero attached hydrogens (tertiary/aromatic N) is 1. The zero-order valence-electron chi connectivity index (χ0n) is 8.66. The minimum Gasteiger partial charge on any atom is -0.284 e. The Hall–Kier alpha value is -1.57. The Labute approximate surface area is 82.8 Å². The van der Waals surface area contributed by atoms with Crippen LogP contribution >= 0.6 is 0 Å². The molecule has 0 bridgehead atoms. The highest BCUT2D eigenvalue weighted by atomic mass is 16.1. The van der Waals surface area contributed by atoms with Crippen molar-refractivity contribution in [3.8, 4) is 0 Å². The minimum atomic E-state index is 0.0781. The van der Waals surface area contributed by atoms with Crippen molar-refractivity contribution >= 4 is 5.52 Å². The second-order valence-corrected chi connectivity index (χ2v) is 3.73. The van der Waals surface area contributed by atoms with Crippen molar-refractivity contribution in [1.82, 2.24) is 4.40 Å². The molecule has 0 unspecified atom stereocenters. The maximum Gasteiger partial charge on any atom is 0.258 e. The van der Waals surface area contributed by atoms with Crippen LogP contribution in [0.3, 0.4) is 0 Å². The summed E-state index contributed by atoms with van der Waals surface area (Å²) in [7, 11) is 0. The van der Waals surface area contributed by atoms with Crippen LogP contribution in [0.2, 0.25) is 0 Å². The first-order valence-corrected chi connectivity index (χ1v) is 4.69. The molecule has 2 aromatic heterocycles. The SMILES string of the molecule is Cc1cc(C)c2c(C)cccn2c1=O. The molecule has 0 atom stereocenters. The molecule has 72 valence electrons. The smallest absolute Gasteiger partial charge is 0.258 e. The van der Waals surface area contributed by atoms with Gasteiger partial charge in [0.2, 0.25) is 0 Å². The average molecular weight is 187 g/mol. The molecule has 0 saturated heterocycles. The fraction of sp³-hybridized carbons (Fsp3) is 0.250. The molecule has 0 aliphatic heterocycles. The van der Waals surface area contributed by atoms with Gasteiger partial charge < -0.3 is 0 Å². The van der Waals surface area contributed by atoms with Gasteiger partial charge in [-0.05, 0) is 44.0 Å². The Bertz CT molecular complexity index is 552. The summed E-state index contributed by atoms with van der Waals surface area (Å²) in [6, 6.07) is 5.88. The zero-order valence-corrected chi connectivity index (χ0v) is 8.66. The predicted octanol–water partition coefficient (Wildman–Crippen LogP) is 2.22. The lowest BCUT2D eigenvalue weighted by Crippen LogP contribution is -2.17. The van der Waals surface area contributed by atoms with Crippen molar-refractivity contribution in [1.29, 1.82) is 0 Å². The summed E-state index contributed by atoms with van der Waals surface area (Å²) in [5.74, 6) is 0. The van der Waals surface area contributed by atoms with Gasteiger partial charge in [0.1, 0.15) is 0 Å². The Morgan fingerprint density at radius 2 is 1.79 bits per heavy atom. The molecule has 0 N–H and O–H groups in total. The van der Waals surface area contributed by atoms with Gasteiger partial charge in [0.05, 0.1) is 5.52 Å². The number of hydrogen-bond acceptors (Lipinski definition) is 1. The molecule has 0 fully saturated rings. The van der Waals surface area contributed by atoms with E-state index in [0.717, 1.165) is 22.2 Å². The quantitative estimate of drug-likeness (QED) is 0.619. The summed E-state index contributed by atoms with van der Waals surface area (Å²) in [5.41, 5.74) is 4.20. The summed E-state index contributed by atoms with van der Waals surface area (Å²) in [6.07, 6.45) is 1.82. The van der Waals surface area contributed by atoms with E-state index < -0.39 is 0 Å².